The minimum Gasteiger partial charge on any atom is -0.349 e. The minimum atomic E-state index is -0.356. The van der Waals surface area contributed by atoms with Crippen LogP contribution in [0.5, 0.6) is 0 Å². The predicted octanol–water partition coefficient (Wildman–Crippen LogP) is 4.36. The number of imidazole rings is 1. The Labute approximate surface area is 157 Å². The third-order valence-electron chi connectivity index (χ3n) is 4.46. The van der Waals surface area contributed by atoms with Crippen molar-refractivity contribution in [3.05, 3.63) is 65.5 Å². The maximum atomic E-state index is 14.0. The van der Waals surface area contributed by atoms with Crippen molar-refractivity contribution >= 4 is 16.9 Å². The number of halogens is 2. The smallest absolute Gasteiger partial charge is 0.220 e. The maximum Gasteiger partial charge on any atom is 0.220 e. The van der Waals surface area contributed by atoms with Crippen LogP contribution in [-0.4, -0.2) is 15.5 Å². The molecule has 0 spiro atoms. The molecule has 2 aromatic carbocycles. The number of nitrogens with one attached hydrogen (secondary N) is 1. The molecular weight excluding hydrogens is 348 g/mol. The quantitative estimate of drug-likeness (QED) is 0.639. The van der Waals surface area contributed by atoms with Crippen LogP contribution in [0.15, 0.2) is 42.5 Å². The molecule has 3 aromatic rings. The molecule has 6 heteroatoms. The Morgan fingerprint density at radius 3 is 2.78 bits per heavy atom. The summed E-state index contributed by atoms with van der Waals surface area (Å²) in [6.07, 6.45) is 2.51. The van der Waals surface area contributed by atoms with Crippen molar-refractivity contribution < 1.29 is 13.6 Å². The number of hydrogen-bond acceptors (Lipinski definition) is 2. The Hall–Kier alpha value is -2.76. The molecule has 0 radical (unpaired) electrons. The largest absolute Gasteiger partial charge is 0.349 e. The number of rotatable bonds is 8. The van der Waals surface area contributed by atoms with Crippen LogP contribution in [0.4, 0.5) is 8.78 Å². The van der Waals surface area contributed by atoms with E-state index >= 15 is 0 Å². The van der Waals surface area contributed by atoms with Crippen LogP contribution in [-0.2, 0) is 24.3 Å². The highest BCUT2D eigenvalue weighted by atomic mass is 19.1. The molecule has 27 heavy (non-hydrogen) atoms. The lowest BCUT2D eigenvalue weighted by Crippen LogP contribution is -2.24. The van der Waals surface area contributed by atoms with E-state index in [9.17, 15) is 13.6 Å². The molecule has 0 bridgehead atoms. The lowest BCUT2D eigenvalue weighted by atomic mass is 10.1. The van der Waals surface area contributed by atoms with E-state index in [4.69, 9.17) is 0 Å². The van der Waals surface area contributed by atoms with Crippen LogP contribution in [0.3, 0.4) is 0 Å². The number of hydrogen-bond donors (Lipinski definition) is 1. The van der Waals surface area contributed by atoms with Crippen molar-refractivity contribution in [3.63, 3.8) is 0 Å². The van der Waals surface area contributed by atoms with E-state index in [0.29, 0.717) is 37.1 Å². The van der Waals surface area contributed by atoms with Crippen LogP contribution in [0.25, 0.3) is 11.0 Å². The second-order valence-electron chi connectivity index (χ2n) is 6.55. The molecule has 0 saturated carbocycles. The summed E-state index contributed by atoms with van der Waals surface area (Å²) in [6.45, 7) is 3.01. The topological polar surface area (TPSA) is 46.9 Å². The minimum absolute atomic E-state index is 0.0954. The van der Waals surface area contributed by atoms with Crippen LogP contribution in [0.1, 0.15) is 37.6 Å². The Morgan fingerprint density at radius 2 is 2.00 bits per heavy atom. The van der Waals surface area contributed by atoms with Crippen molar-refractivity contribution in [2.75, 3.05) is 0 Å². The fourth-order valence-electron chi connectivity index (χ4n) is 3.18. The fourth-order valence-corrected chi connectivity index (χ4v) is 3.18. The number of amides is 1. The number of carbonyl (C=O) groups excluding carboxylic acids is 1. The highest BCUT2D eigenvalue weighted by molar-refractivity contribution is 5.78. The second-order valence-corrected chi connectivity index (χ2v) is 6.55. The van der Waals surface area contributed by atoms with Crippen LogP contribution >= 0.6 is 0 Å². The Kier molecular flexibility index (Phi) is 6.16. The van der Waals surface area contributed by atoms with Gasteiger partial charge in [0.25, 0.3) is 0 Å². The van der Waals surface area contributed by atoms with Crippen molar-refractivity contribution in [2.24, 2.45) is 0 Å². The van der Waals surface area contributed by atoms with Crippen molar-refractivity contribution in [1.82, 2.24) is 14.9 Å². The molecule has 0 saturated heterocycles. The van der Waals surface area contributed by atoms with E-state index in [1.807, 2.05) is 23.6 Å². The average Bonchev–Trinajstić information content (AvgIpc) is 3.00. The van der Waals surface area contributed by atoms with Gasteiger partial charge in [-0.05, 0) is 49.1 Å². The summed E-state index contributed by atoms with van der Waals surface area (Å²) in [5, 5.41) is 2.86. The standard InChI is InChI=1S/C21H23F2N3O/c1-2-12-26-18-10-5-9-17(23)21(18)25-19(26)14-24-20(27)11-4-7-15-6-3-8-16(22)13-15/h3,5-6,8-10,13H,2,4,7,11-12,14H2,1H3,(H,24,27). The zero-order valence-electron chi connectivity index (χ0n) is 15.3. The summed E-state index contributed by atoms with van der Waals surface area (Å²) in [5.74, 6) is -0.0681. The molecule has 0 aliphatic rings. The molecule has 0 aliphatic carbocycles. The third-order valence-corrected chi connectivity index (χ3v) is 4.46. The molecule has 0 unspecified atom stereocenters. The van der Waals surface area contributed by atoms with Crippen LogP contribution < -0.4 is 5.32 Å². The molecule has 0 atom stereocenters. The number of carbonyl (C=O) groups is 1. The lowest BCUT2D eigenvalue weighted by Gasteiger charge is -2.09. The molecule has 3 rings (SSSR count). The summed E-state index contributed by atoms with van der Waals surface area (Å²) in [4.78, 5) is 16.5. The molecule has 142 valence electrons. The van der Waals surface area contributed by atoms with E-state index in [2.05, 4.69) is 10.3 Å². The van der Waals surface area contributed by atoms with Gasteiger partial charge in [0.2, 0.25) is 5.91 Å². The van der Waals surface area contributed by atoms with E-state index in [0.717, 1.165) is 17.5 Å². The first-order chi connectivity index (χ1) is 13.1. The Bertz CT molecular complexity index is 936. The van der Waals surface area contributed by atoms with Gasteiger partial charge in [-0.2, -0.15) is 0 Å². The predicted molar refractivity (Wildman–Crippen MR) is 101 cm³/mol. The highest BCUT2D eigenvalue weighted by Gasteiger charge is 2.14. The van der Waals surface area contributed by atoms with Crippen molar-refractivity contribution in [1.29, 1.82) is 0 Å². The molecule has 4 nitrogen and oxygen atoms in total. The van der Waals surface area contributed by atoms with E-state index in [1.165, 1.54) is 18.2 Å². The highest BCUT2D eigenvalue weighted by Crippen LogP contribution is 2.19. The summed E-state index contributed by atoms with van der Waals surface area (Å²) in [7, 11) is 0. The maximum absolute atomic E-state index is 14.0. The van der Waals surface area contributed by atoms with Gasteiger partial charge < -0.3 is 9.88 Å². The van der Waals surface area contributed by atoms with Crippen LogP contribution in [0.2, 0.25) is 0 Å². The van der Waals surface area contributed by atoms with Crippen molar-refractivity contribution in [3.8, 4) is 0 Å². The Balaban J connectivity index is 1.58. The Morgan fingerprint density at radius 1 is 1.19 bits per heavy atom. The molecule has 1 heterocycles. The molecule has 1 aromatic heterocycles. The molecule has 0 fully saturated rings. The van der Waals surface area contributed by atoms with E-state index < -0.39 is 0 Å². The molecular formula is C21H23F2N3O. The van der Waals surface area contributed by atoms with Gasteiger partial charge in [-0.3, -0.25) is 4.79 Å². The van der Waals surface area contributed by atoms with Gasteiger partial charge in [-0.1, -0.05) is 25.1 Å². The average molecular weight is 371 g/mol. The fraction of sp³-hybridized carbons (Fsp3) is 0.333. The van der Waals surface area contributed by atoms with E-state index in [1.54, 1.807) is 12.1 Å². The van der Waals surface area contributed by atoms with Gasteiger partial charge in [0.05, 0.1) is 12.1 Å². The number of nitrogens with zero attached hydrogens (tertiary/aromatic N) is 2. The zero-order chi connectivity index (χ0) is 19.2. The van der Waals surface area contributed by atoms with Crippen molar-refractivity contribution in [2.45, 2.75) is 45.7 Å². The zero-order valence-corrected chi connectivity index (χ0v) is 15.3. The van der Waals surface area contributed by atoms with Gasteiger partial charge in [0.15, 0.2) is 5.82 Å². The number of aromatic nitrogens is 2. The SMILES string of the molecule is CCCn1c(CNC(=O)CCCc2cccc(F)c2)nc2c(F)cccc21. The van der Waals surface area contributed by atoms with Gasteiger partial charge in [0, 0.05) is 13.0 Å². The van der Waals surface area contributed by atoms with Gasteiger partial charge in [0.1, 0.15) is 17.2 Å². The number of para-hydroxylation sites is 1. The molecule has 1 N–H and O–H groups in total. The van der Waals surface area contributed by atoms with E-state index in [-0.39, 0.29) is 24.1 Å². The molecule has 1 amide bonds. The first-order valence-electron chi connectivity index (χ1n) is 9.23. The first kappa shape index (κ1) is 19.0. The number of benzene rings is 2. The van der Waals surface area contributed by atoms with Gasteiger partial charge in [-0.25, -0.2) is 13.8 Å². The number of fused-ring (bicyclic) bond motifs is 1. The number of aryl methyl sites for hydroxylation is 2. The molecule has 0 aliphatic heterocycles. The first-order valence-corrected chi connectivity index (χ1v) is 9.23. The third kappa shape index (κ3) is 4.70. The van der Waals surface area contributed by atoms with Gasteiger partial charge in [-0.15, -0.1) is 0 Å². The second kappa shape index (κ2) is 8.75. The van der Waals surface area contributed by atoms with Gasteiger partial charge >= 0.3 is 0 Å². The monoisotopic (exact) mass is 371 g/mol. The summed E-state index contributed by atoms with van der Waals surface area (Å²) < 4.78 is 29.1. The lowest BCUT2D eigenvalue weighted by molar-refractivity contribution is -0.121. The summed E-state index contributed by atoms with van der Waals surface area (Å²) >= 11 is 0. The summed E-state index contributed by atoms with van der Waals surface area (Å²) in [6, 6.07) is 11.3. The van der Waals surface area contributed by atoms with Crippen LogP contribution in [0, 0.1) is 11.6 Å². The summed E-state index contributed by atoms with van der Waals surface area (Å²) in [5.41, 5.74) is 1.96. The normalized spacial score (nSPS) is 11.1.